The third kappa shape index (κ3) is 7.76. The molecule has 0 unspecified atom stereocenters. The highest BCUT2D eigenvalue weighted by Gasteiger charge is 1.98. The molecule has 0 aliphatic rings. The Morgan fingerprint density at radius 3 is 2.30 bits per heavy atom. The zero-order valence-corrected chi connectivity index (χ0v) is 7.53. The Kier molecular flexibility index (Phi) is 8.55. The number of esters is 1. The van der Waals surface area contributed by atoms with Crippen LogP contribution in [0, 0.1) is 5.92 Å². The van der Waals surface area contributed by atoms with E-state index in [2.05, 4.69) is 0 Å². The molecule has 0 amide bonds. The van der Waals surface area contributed by atoms with E-state index in [-0.39, 0.29) is 18.4 Å². The van der Waals surface area contributed by atoms with Crippen LogP contribution in [0.5, 0.6) is 0 Å². The molecule has 0 aromatic heterocycles. The summed E-state index contributed by atoms with van der Waals surface area (Å²) in [6, 6.07) is 0. The molecule has 0 aromatic carbocycles. The van der Waals surface area contributed by atoms with Crippen LogP contribution < -0.4 is 0 Å². The topological polar surface area (TPSA) is 26.3 Å². The fourth-order valence-electron chi connectivity index (χ4n) is 0.362. The summed E-state index contributed by atoms with van der Waals surface area (Å²) < 4.78 is 4.81. The highest BCUT2D eigenvalue weighted by atomic mass is 35.5. The van der Waals surface area contributed by atoms with Crippen LogP contribution in [-0.4, -0.2) is 12.6 Å². The minimum Gasteiger partial charge on any atom is -0.465 e. The second kappa shape index (κ2) is 6.87. The van der Waals surface area contributed by atoms with E-state index >= 15 is 0 Å². The van der Waals surface area contributed by atoms with Crippen LogP contribution in [-0.2, 0) is 9.53 Å². The maximum atomic E-state index is 10.5. The molecule has 0 heterocycles. The van der Waals surface area contributed by atoms with Gasteiger partial charge in [0.2, 0.25) is 0 Å². The average molecular weight is 167 g/mol. The maximum Gasteiger partial charge on any atom is 0.305 e. The molecule has 0 spiro atoms. The highest BCUT2D eigenvalue weighted by molar-refractivity contribution is 5.85. The first-order chi connectivity index (χ1) is 4.16. The van der Waals surface area contributed by atoms with Gasteiger partial charge in [-0.1, -0.05) is 20.8 Å². The molecule has 62 valence electrons. The lowest BCUT2D eigenvalue weighted by molar-refractivity contribution is -0.144. The lowest BCUT2D eigenvalue weighted by atomic mass is 10.2. The van der Waals surface area contributed by atoms with E-state index in [0.717, 1.165) is 0 Å². The fourth-order valence-corrected chi connectivity index (χ4v) is 0.362. The van der Waals surface area contributed by atoms with Gasteiger partial charge in [-0.2, -0.15) is 0 Å². The Labute approximate surface area is 68.4 Å². The van der Waals surface area contributed by atoms with Crippen LogP contribution in [0.25, 0.3) is 0 Å². The summed E-state index contributed by atoms with van der Waals surface area (Å²) in [6.07, 6.45) is 0.479. The zero-order chi connectivity index (χ0) is 7.28. The Hall–Kier alpha value is -0.240. The SMILES string of the molecule is CCC(=O)OCC(C)C.Cl. The molecule has 0 aromatic rings. The molecular weight excluding hydrogens is 152 g/mol. The summed E-state index contributed by atoms with van der Waals surface area (Å²) in [7, 11) is 0. The van der Waals surface area contributed by atoms with Crippen molar-refractivity contribution in [3.8, 4) is 0 Å². The smallest absolute Gasteiger partial charge is 0.305 e. The van der Waals surface area contributed by atoms with E-state index in [9.17, 15) is 4.79 Å². The molecule has 0 aliphatic heterocycles. The van der Waals surface area contributed by atoms with Gasteiger partial charge in [0.25, 0.3) is 0 Å². The van der Waals surface area contributed by atoms with Crippen LogP contribution in [0.3, 0.4) is 0 Å². The predicted molar refractivity (Wildman–Crippen MR) is 43.3 cm³/mol. The lowest BCUT2D eigenvalue weighted by Gasteiger charge is -2.04. The maximum absolute atomic E-state index is 10.5. The summed E-state index contributed by atoms with van der Waals surface area (Å²) in [5.41, 5.74) is 0. The van der Waals surface area contributed by atoms with E-state index in [1.165, 1.54) is 0 Å². The van der Waals surface area contributed by atoms with Crippen molar-refractivity contribution in [2.24, 2.45) is 5.92 Å². The van der Waals surface area contributed by atoms with Crippen molar-refractivity contribution in [1.29, 1.82) is 0 Å². The Balaban J connectivity index is 0. The summed E-state index contributed by atoms with van der Waals surface area (Å²) in [5.74, 6) is 0.337. The quantitative estimate of drug-likeness (QED) is 0.600. The Morgan fingerprint density at radius 1 is 1.50 bits per heavy atom. The number of carbonyl (C=O) groups excluding carboxylic acids is 1. The third-order valence-corrected chi connectivity index (χ3v) is 0.866. The molecule has 0 rings (SSSR count). The van der Waals surface area contributed by atoms with E-state index in [4.69, 9.17) is 4.74 Å². The molecule has 2 nitrogen and oxygen atoms in total. The van der Waals surface area contributed by atoms with Crippen molar-refractivity contribution in [3.05, 3.63) is 0 Å². The van der Waals surface area contributed by atoms with Gasteiger partial charge in [-0.3, -0.25) is 4.79 Å². The van der Waals surface area contributed by atoms with Gasteiger partial charge in [-0.25, -0.2) is 0 Å². The number of halogens is 1. The molecule has 0 bridgehead atoms. The Bertz CT molecular complexity index is 91.6. The van der Waals surface area contributed by atoms with Crippen LogP contribution in [0.15, 0.2) is 0 Å². The van der Waals surface area contributed by atoms with Crippen molar-refractivity contribution < 1.29 is 9.53 Å². The van der Waals surface area contributed by atoms with E-state index in [1.54, 1.807) is 6.92 Å². The van der Waals surface area contributed by atoms with Crippen molar-refractivity contribution in [3.63, 3.8) is 0 Å². The molecule has 0 fully saturated rings. The normalized spacial score (nSPS) is 8.80. The molecule has 0 saturated heterocycles. The van der Waals surface area contributed by atoms with Gasteiger partial charge < -0.3 is 4.74 Å². The largest absolute Gasteiger partial charge is 0.465 e. The van der Waals surface area contributed by atoms with Crippen LogP contribution in [0.1, 0.15) is 27.2 Å². The van der Waals surface area contributed by atoms with Gasteiger partial charge >= 0.3 is 5.97 Å². The van der Waals surface area contributed by atoms with Crippen molar-refractivity contribution in [2.45, 2.75) is 27.2 Å². The molecule has 3 heteroatoms. The minimum absolute atomic E-state index is 0. The molecule has 0 atom stereocenters. The number of hydrogen-bond acceptors (Lipinski definition) is 2. The summed E-state index contributed by atoms with van der Waals surface area (Å²) in [6.45, 7) is 6.38. The Morgan fingerprint density at radius 2 is 2.00 bits per heavy atom. The number of rotatable bonds is 3. The first-order valence-electron chi connectivity index (χ1n) is 3.32. The number of ether oxygens (including phenoxy) is 1. The molecule has 10 heavy (non-hydrogen) atoms. The summed E-state index contributed by atoms with van der Waals surface area (Å²) in [5, 5.41) is 0. The zero-order valence-electron chi connectivity index (χ0n) is 6.72. The lowest BCUT2D eigenvalue weighted by Crippen LogP contribution is -2.07. The van der Waals surface area contributed by atoms with E-state index in [0.29, 0.717) is 18.9 Å². The first-order valence-corrected chi connectivity index (χ1v) is 3.32. The van der Waals surface area contributed by atoms with Gasteiger partial charge in [0, 0.05) is 6.42 Å². The van der Waals surface area contributed by atoms with Crippen molar-refractivity contribution >= 4 is 18.4 Å². The number of carbonyl (C=O) groups is 1. The summed E-state index contributed by atoms with van der Waals surface area (Å²) in [4.78, 5) is 10.5. The predicted octanol–water partition coefficient (Wildman–Crippen LogP) is 2.02. The molecular formula is C7H15ClO2. The second-order valence-corrected chi connectivity index (χ2v) is 2.43. The van der Waals surface area contributed by atoms with Gasteiger partial charge in [0.05, 0.1) is 6.61 Å². The van der Waals surface area contributed by atoms with Crippen molar-refractivity contribution in [1.82, 2.24) is 0 Å². The van der Waals surface area contributed by atoms with Crippen LogP contribution in [0.2, 0.25) is 0 Å². The fraction of sp³-hybridized carbons (Fsp3) is 0.857. The minimum atomic E-state index is -0.108. The van der Waals surface area contributed by atoms with Crippen molar-refractivity contribution in [2.75, 3.05) is 6.61 Å². The number of hydrogen-bond donors (Lipinski definition) is 0. The van der Waals surface area contributed by atoms with Gasteiger partial charge in [-0.15, -0.1) is 12.4 Å². The first kappa shape index (κ1) is 12.4. The van der Waals surface area contributed by atoms with Crippen LogP contribution >= 0.6 is 12.4 Å². The molecule has 0 aliphatic carbocycles. The summed E-state index contributed by atoms with van der Waals surface area (Å²) >= 11 is 0. The molecule has 0 saturated carbocycles. The van der Waals surface area contributed by atoms with Gasteiger partial charge in [-0.05, 0) is 5.92 Å². The van der Waals surface area contributed by atoms with E-state index < -0.39 is 0 Å². The average Bonchev–Trinajstić information content (AvgIpc) is 1.83. The van der Waals surface area contributed by atoms with E-state index in [1.807, 2.05) is 13.8 Å². The van der Waals surface area contributed by atoms with Crippen LogP contribution in [0.4, 0.5) is 0 Å². The van der Waals surface area contributed by atoms with Gasteiger partial charge in [0.1, 0.15) is 0 Å². The highest BCUT2D eigenvalue weighted by Crippen LogP contribution is 1.93. The second-order valence-electron chi connectivity index (χ2n) is 2.43. The third-order valence-electron chi connectivity index (χ3n) is 0.866. The molecule has 0 radical (unpaired) electrons. The van der Waals surface area contributed by atoms with Gasteiger partial charge in [0.15, 0.2) is 0 Å². The monoisotopic (exact) mass is 166 g/mol. The standard InChI is InChI=1S/C7H14O2.ClH/c1-4-7(8)9-5-6(2)3;/h6H,4-5H2,1-3H3;1H. The molecule has 0 N–H and O–H groups in total.